The van der Waals surface area contributed by atoms with Crippen LogP contribution < -0.4 is 5.32 Å². The van der Waals surface area contributed by atoms with Crippen molar-refractivity contribution in [3.8, 4) is 0 Å². The van der Waals surface area contributed by atoms with E-state index in [2.05, 4.69) is 5.32 Å². The summed E-state index contributed by atoms with van der Waals surface area (Å²) in [5, 5.41) is 3.41. The Labute approximate surface area is 147 Å². The van der Waals surface area contributed by atoms with E-state index in [1.165, 1.54) is 0 Å². The number of carbonyl (C=O) groups is 2. The van der Waals surface area contributed by atoms with Crippen molar-refractivity contribution in [2.24, 2.45) is 0 Å². The van der Waals surface area contributed by atoms with Gasteiger partial charge < -0.3 is 10.2 Å². The zero-order valence-electron chi connectivity index (χ0n) is 14.1. The lowest BCUT2D eigenvalue weighted by atomic mass is 10.1. The van der Waals surface area contributed by atoms with Gasteiger partial charge in [-0.25, -0.2) is 0 Å². The highest BCUT2D eigenvalue weighted by molar-refractivity contribution is 6.31. The molecule has 2 amide bonds. The van der Waals surface area contributed by atoms with Crippen molar-refractivity contribution in [3.05, 3.63) is 64.2 Å². The SMILES string of the molecule is CCN(CC)C(=O)c1ccc(C(=O)Nc2cc(Cl)ccc2C)cc1. The number of nitrogens with zero attached hydrogens (tertiary/aromatic N) is 1. The van der Waals surface area contributed by atoms with E-state index in [0.29, 0.717) is 34.9 Å². The van der Waals surface area contributed by atoms with Crippen LogP contribution in [-0.2, 0) is 0 Å². The smallest absolute Gasteiger partial charge is 0.255 e. The molecular weight excluding hydrogens is 324 g/mol. The van der Waals surface area contributed by atoms with Crippen molar-refractivity contribution in [2.75, 3.05) is 18.4 Å². The molecule has 0 aliphatic heterocycles. The molecule has 5 heteroatoms. The first-order chi connectivity index (χ1) is 11.5. The molecule has 24 heavy (non-hydrogen) atoms. The number of anilines is 1. The van der Waals surface area contributed by atoms with Crippen molar-refractivity contribution in [1.29, 1.82) is 0 Å². The van der Waals surface area contributed by atoms with E-state index in [1.54, 1.807) is 41.3 Å². The van der Waals surface area contributed by atoms with E-state index in [4.69, 9.17) is 11.6 Å². The molecule has 2 aromatic rings. The van der Waals surface area contributed by atoms with Crippen LogP contribution in [0, 0.1) is 6.92 Å². The third-order valence-electron chi connectivity index (χ3n) is 3.89. The minimum atomic E-state index is -0.234. The summed E-state index contributed by atoms with van der Waals surface area (Å²) < 4.78 is 0. The molecule has 0 unspecified atom stereocenters. The second-order valence-corrected chi connectivity index (χ2v) is 5.90. The standard InChI is InChI=1S/C19H21ClN2O2/c1-4-22(5-2)19(24)15-9-7-14(8-10-15)18(23)21-17-12-16(20)11-6-13(17)3/h6-12H,4-5H2,1-3H3,(H,21,23). The number of halogens is 1. The van der Waals surface area contributed by atoms with Gasteiger partial charge in [0, 0.05) is 34.9 Å². The van der Waals surface area contributed by atoms with Gasteiger partial charge in [-0.3, -0.25) is 9.59 Å². The second-order valence-electron chi connectivity index (χ2n) is 5.47. The summed E-state index contributed by atoms with van der Waals surface area (Å²) in [6.45, 7) is 7.10. The molecule has 126 valence electrons. The van der Waals surface area contributed by atoms with Crippen LogP contribution in [0.25, 0.3) is 0 Å². The highest BCUT2D eigenvalue weighted by atomic mass is 35.5. The molecule has 0 aliphatic rings. The molecule has 0 atom stereocenters. The molecular formula is C19H21ClN2O2. The second kappa shape index (κ2) is 7.97. The first-order valence-electron chi connectivity index (χ1n) is 7.93. The molecule has 1 N–H and O–H groups in total. The summed E-state index contributed by atoms with van der Waals surface area (Å²) in [7, 11) is 0. The average Bonchev–Trinajstić information content (AvgIpc) is 2.59. The Hall–Kier alpha value is -2.33. The molecule has 2 aromatic carbocycles. The summed E-state index contributed by atoms with van der Waals surface area (Å²) in [6, 6.07) is 12.0. The summed E-state index contributed by atoms with van der Waals surface area (Å²) in [4.78, 5) is 26.4. The van der Waals surface area contributed by atoms with E-state index in [1.807, 2.05) is 26.8 Å². The van der Waals surface area contributed by atoms with Gasteiger partial charge in [0.2, 0.25) is 0 Å². The zero-order chi connectivity index (χ0) is 17.7. The van der Waals surface area contributed by atoms with Gasteiger partial charge in [-0.2, -0.15) is 0 Å². The minimum Gasteiger partial charge on any atom is -0.339 e. The Morgan fingerprint density at radius 3 is 2.17 bits per heavy atom. The molecule has 4 nitrogen and oxygen atoms in total. The van der Waals surface area contributed by atoms with Gasteiger partial charge in [-0.05, 0) is 62.7 Å². The number of amides is 2. The summed E-state index contributed by atoms with van der Waals surface area (Å²) >= 11 is 5.97. The van der Waals surface area contributed by atoms with Crippen LogP contribution in [0.3, 0.4) is 0 Å². The first-order valence-corrected chi connectivity index (χ1v) is 8.30. The molecule has 0 spiro atoms. The number of nitrogens with one attached hydrogen (secondary N) is 1. The topological polar surface area (TPSA) is 49.4 Å². The summed E-state index contributed by atoms with van der Waals surface area (Å²) in [6.07, 6.45) is 0. The molecule has 0 aromatic heterocycles. The fourth-order valence-corrected chi connectivity index (χ4v) is 2.55. The Balaban J connectivity index is 2.14. The number of rotatable bonds is 5. The molecule has 0 bridgehead atoms. The Morgan fingerprint density at radius 2 is 1.58 bits per heavy atom. The Morgan fingerprint density at radius 1 is 1.00 bits per heavy atom. The van der Waals surface area contributed by atoms with Gasteiger partial charge >= 0.3 is 0 Å². The first kappa shape index (κ1) is 18.0. The Kier molecular flexibility index (Phi) is 5.99. The van der Waals surface area contributed by atoms with Crippen LogP contribution in [0.2, 0.25) is 5.02 Å². The number of carbonyl (C=O) groups excluding carboxylic acids is 2. The maximum absolute atomic E-state index is 12.4. The van der Waals surface area contributed by atoms with Gasteiger partial charge in [0.15, 0.2) is 0 Å². The monoisotopic (exact) mass is 344 g/mol. The van der Waals surface area contributed by atoms with Gasteiger partial charge in [0.25, 0.3) is 11.8 Å². The fraction of sp³-hybridized carbons (Fsp3) is 0.263. The van der Waals surface area contributed by atoms with E-state index < -0.39 is 0 Å². The molecule has 0 heterocycles. The normalized spacial score (nSPS) is 10.3. The lowest BCUT2D eigenvalue weighted by Crippen LogP contribution is -2.30. The third kappa shape index (κ3) is 4.15. The molecule has 0 fully saturated rings. The van der Waals surface area contributed by atoms with Crippen LogP contribution in [0.4, 0.5) is 5.69 Å². The van der Waals surface area contributed by atoms with Gasteiger partial charge in [0.05, 0.1) is 0 Å². The third-order valence-corrected chi connectivity index (χ3v) is 4.13. The number of hydrogen-bond acceptors (Lipinski definition) is 2. The maximum Gasteiger partial charge on any atom is 0.255 e. The number of hydrogen-bond donors (Lipinski definition) is 1. The summed E-state index contributed by atoms with van der Waals surface area (Å²) in [5.74, 6) is -0.264. The lowest BCUT2D eigenvalue weighted by molar-refractivity contribution is 0.0772. The van der Waals surface area contributed by atoms with Crippen LogP contribution in [0.1, 0.15) is 40.1 Å². The molecule has 0 saturated carbocycles. The van der Waals surface area contributed by atoms with Crippen molar-refractivity contribution in [3.63, 3.8) is 0 Å². The van der Waals surface area contributed by atoms with Gasteiger partial charge in [-0.1, -0.05) is 17.7 Å². The van der Waals surface area contributed by atoms with Crippen molar-refractivity contribution < 1.29 is 9.59 Å². The highest BCUT2D eigenvalue weighted by Crippen LogP contribution is 2.21. The van der Waals surface area contributed by atoms with Crippen molar-refractivity contribution >= 4 is 29.1 Å². The largest absolute Gasteiger partial charge is 0.339 e. The highest BCUT2D eigenvalue weighted by Gasteiger charge is 2.14. The quantitative estimate of drug-likeness (QED) is 0.874. The zero-order valence-corrected chi connectivity index (χ0v) is 14.9. The van der Waals surface area contributed by atoms with Gasteiger partial charge in [0.1, 0.15) is 0 Å². The van der Waals surface area contributed by atoms with Crippen LogP contribution in [-0.4, -0.2) is 29.8 Å². The molecule has 0 aliphatic carbocycles. The predicted molar refractivity (Wildman–Crippen MR) is 97.8 cm³/mol. The van der Waals surface area contributed by atoms with E-state index in [0.717, 1.165) is 5.56 Å². The van der Waals surface area contributed by atoms with Crippen LogP contribution in [0.5, 0.6) is 0 Å². The minimum absolute atomic E-state index is 0.0300. The van der Waals surface area contributed by atoms with Crippen LogP contribution >= 0.6 is 11.6 Å². The molecule has 0 saturated heterocycles. The fourth-order valence-electron chi connectivity index (χ4n) is 2.38. The molecule has 2 rings (SSSR count). The van der Waals surface area contributed by atoms with E-state index in [9.17, 15) is 9.59 Å². The number of benzene rings is 2. The maximum atomic E-state index is 12.4. The molecule has 0 radical (unpaired) electrons. The predicted octanol–water partition coefficient (Wildman–Crippen LogP) is 4.38. The number of aryl methyl sites for hydroxylation is 1. The van der Waals surface area contributed by atoms with Crippen molar-refractivity contribution in [2.45, 2.75) is 20.8 Å². The summed E-state index contributed by atoms with van der Waals surface area (Å²) in [5.41, 5.74) is 2.68. The van der Waals surface area contributed by atoms with Crippen LogP contribution in [0.15, 0.2) is 42.5 Å². The van der Waals surface area contributed by atoms with E-state index >= 15 is 0 Å². The van der Waals surface area contributed by atoms with Gasteiger partial charge in [-0.15, -0.1) is 0 Å². The lowest BCUT2D eigenvalue weighted by Gasteiger charge is -2.18. The Bertz CT molecular complexity index is 738. The van der Waals surface area contributed by atoms with E-state index in [-0.39, 0.29) is 11.8 Å². The van der Waals surface area contributed by atoms with Crippen molar-refractivity contribution in [1.82, 2.24) is 4.90 Å². The average molecular weight is 345 g/mol.